The highest BCUT2D eigenvalue weighted by atomic mass is 16.5. The van der Waals surface area contributed by atoms with Gasteiger partial charge >= 0.3 is 0 Å². The highest BCUT2D eigenvalue weighted by molar-refractivity contribution is 6.04. The van der Waals surface area contributed by atoms with Gasteiger partial charge in [-0.15, -0.1) is 0 Å². The summed E-state index contributed by atoms with van der Waals surface area (Å²) < 4.78 is 23.6. The zero-order chi connectivity index (χ0) is 22.9. The average molecular weight is 448 g/mol. The number of aryl methyl sites for hydroxylation is 1. The first kappa shape index (κ1) is 21.6. The standard InChI is InChI=1S/C27H29NO5/c1-16-19(13-14-32-16)27(29)28-18-8-6-7-17(15-18)26-25-23(31-3)12-11-22(30-2)24(25)20-9-4-5-10-21(20)33-26/h6-8,11-15,20-21,26H,4-5,9-10H2,1-3H3,(H,28,29)/t20-,21+,26-/m0/s1. The molecule has 0 unspecified atom stereocenters. The molecule has 3 atom stereocenters. The summed E-state index contributed by atoms with van der Waals surface area (Å²) >= 11 is 0. The van der Waals surface area contributed by atoms with Gasteiger partial charge in [0.05, 0.1) is 32.2 Å². The minimum absolute atomic E-state index is 0.129. The third kappa shape index (κ3) is 3.89. The van der Waals surface area contributed by atoms with E-state index in [1.807, 2.05) is 36.4 Å². The molecular formula is C27H29NO5. The van der Waals surface area contributed by atoms with Gasteiger partial charge < -0.3 is 23.9 Å². The van der Waals surface area contributed by atoms with Crippen LogP contribution in [0, 0.1) is 6.92 Å². The molecule has 1 N–H and O–H groups in total. The molecule has 6 nitrogen and oxygen atoms in total. The van der Waals surface area contributed by atoms with Crippen molar-refractivity contribution in [1.29, 1.82) is 0 Å². The lowest BCUT2D eigenvalue weighted by Gasteiger charge is -2.42. The first-order valence-corrected chi connectivity index (χ1v) is 11.5. The zero-order valence-electron chi connectivity index (χ0n) is 19.2. The van der Waals surface area contributed by atoms with Gasteiger partial charge in [-0.2, -0.15) is 0 Å². The lowest BCUT2D eigenvalue weighted by atomic mass is 9.75. The van der Waals surface area contributed by atoms with E-state index in [2.05, 4.69) is 5.32 Å². The Hall–Kier alpha value is -3.25. The quantitative estimate of drug-likeness (QED) is 0.519. The number of amides is 1. The van der Waals surface area contributed by atoms with E-state index in [1.54, 1.807) is 27.2 Å². The van der Waals surface area contributed by atoms with Crippen LogP contribution in [0.25, 0.3) is 0 Å². The van der Waals surface area contributed by atoms with Gasteiger partial charge in [0.1, 0.15) is 23.4 Å². The molecule has 1 aromatic heterocycles. The SMILES string of the molecule is COc1ccc(OC)c2c1[C@H](c1cccc(NC(=O)c3ccoc3C)c1)O[C@@H]1CCCC[C@H]21. The average Bonchev–Trinajstić information content (AvgIpc) is 3.28. The van der Waals surface area contributed by atoms with Crippen LogP contribution in [0.2, 0.25) is 0 Å². The van der Waals surface area contributed by atoms with Gasteiger partial charge in [0.15, 0.2) is 0 Å². The second-order valence-electron chi connectivity index (χ2n) is 8.71. The molecule has 3 aromatic rings. The monoisotopic (exact) mass is 447 g/mol. The Morgan fingerprint density at radius 1 is 1.00 bits per heavy atom. The molecule has 172 valence electrons. The first-order chi connectivity index (χ1) is 16.1. The molecule has 1 saturated carbocycles. The second-order valence-corrected chi connectivity index (χ2v) is 8.71. The number of hydrogen-bond acceptors (Lipinski definition) is 5. The Kier molecular flexibility index (Phi) is 5.85. The Balaban J connectivity index is 1.55. The van der Waals surface area contributed by atoms with Crippen LogP contribution in [-0.4, -0.2) is 26.2 Å². The van der Waals surface area contributed by atoms with Crippen LogP contribution < -0.4 is 14.8 Å². The second kappa shape index (κ2) is 8.94. The van der Waals surface area contributed by atoms with E-state index in [0.29, 0.717) is 22.9 Å². The van der Waals surface area contributed by atoms with Gasteiger partial charge in [-0.1, -0.05) is 25.0 Å². The number of furan rings is 1. The fraction of sp³-hybridized carbons (Fsp3) is 0.370. The minimum Gasteiger partial charge on any atom is -0.496 e. The van der Waals surface area contributed by atoms with E-state index in [4.69, 9.17) is 18.6 Å². The molecule has 33 heavy (non-hydrogen) atoms. The normalized spacial score (nSPS) is 21.6. The van der Waals surface area contributed by atoms with Gasteiger partial charge in [0, 0.05) is 22.7 Å². The maximum absolute atomic E-state index is 12.7. The van der Waals surface area contributed by atoms with Gasteiger partial charge in [-0.25, -0.2) is 0 Å². The summed E-state index contributed by atoms with van der Waals surface area (Å²) in [5.41, 5.74) is 4.41. The van der Waals surface area contributed by atoms with Gasteiger partial charge in [-0.3, -0.25) is 4.79 Å². The van der Waals surface area contributed by atoms with Crippen LogP contribution >= 0.6 is 0 Å². The minimum atomic E-state index is -0.308. The number of anilines is 1. The number of carbonyl (C=O) groups is 1. The summed E-state index contributed by atoms with van der Waals surface area (Å²) in [6, 6.07) is 13.5. The summed E-state index contributed by atoms with van der Waals surface area (Å²) in [4.78, 5) is 12.7. The molecule has 0 radical (unpaired) electrons. The summed E-state index contributed by atoms with van der Waals surface area (Å²) in [7, 11) is 3.41. The van der Waals surface area contributed by atoms with E-state index in [-0.39, 0.29) is 18.1 Å². The zero-order valence-corrected chi connectivity index (χ0v) is 19.2. The molecule has 1 aliphatic heterocycles. The molecule has 2 heterocycles. The molecule has 1 fully saturated rings. The molecular weight excluding hydrogens is 418 g/mol. The molecule has 5 rings (SSSR count). The van der Waals surface area contributed by atoms with Gasteiger partial charge in [0.25, 0.3) is 5.91 Å². The van der Waals surface area contributed by atoms with Gasteiger partial charge in [-0.05, 0) is 55.7 Å². The van der Waals surface area contributed by atoms with Crippen molar-refractivity contribution in [3.05, 3.63) is 76.7 Å². The number of benzene rings is 2. The first-order valence-electron chi connectivity index (χ1n) is 11.5. The molecule has 1 amide bonds. The lowest BCUT2D eigenvalue weighted by Crippen LogP contribution is -2.34. The van der Waals surface area contributed by atoms with Crippen molar-refractivity contribution in [3.8, 4) is 11.5 Å². The maximum Gasteiger partial charge on any atom is 0.259 e. The smallest absolute Gasteiger partial charge is 0.259 e. The van der Waals surface area contributed by atoms with Crippen molar-refractivity contribution in [2.45, 2.75) is 50.7 Å². The van der Waals surface area contributed by atoms with E-state index < -0.39 is 0 Å². The van der Waals surface area contributed by atoms with Crippen molar-refractivity contribution in [1.82, 2.24) is 0 Å². The highest BCUT2D eigenvalue weighted by Gasteiger charge is 2.41. The largest absolute Gasteiger partial charge is 0.496 e. The fourth-order valence-electron chi connectivity index (χ4n) is 5.28. The fourth-order valence-corrected chi connectivity index (χ4v) is 5.28. The Morgan fingerprint density at radius 2 is 1.76 bits per heavy atom. The van der Waals surface area contributed by atoms with E-state index in [9.17, 15) is 4.79 Å². The summed E-state index contributed by atoms with van der Waals surface area (Å²) in [5.74, 6) is 2.37. The number of hydrogen-bond donors (Lipinski definition) is 1. The van der Waals surface area contributed by atoms with Crippen LogP contribution in [0.3, 0.4) is 0 Å². The number of rotatable bonds is 5. The predicted molar refractivity (Wildman–Crippen MR) is 125 cm³/mol. The third-order valence-corrected chi connectivity index (χ3v) is 6.84. The molecule has 0 bridgehead atoms. The van der Waals surface area contributed by atoms with E-state index >= 15 is 0 Å². The molecule has 1 aliphatic carbocycles. The predicted octanol–water partition coefficient (Wildman–Crippen LogP) is 6.00. The summed E-state index contributed by atoms with van der Waals surface area (Å²) in [6.45, 7) is 1.78. The number of ether oxygens (including phenoxy) is 3. The third-order valence-electron chi connectivity index (χ3n) is 6.84. The Labute approximate surface area is 193 Å². The molecule has 0 saturated heterocycles. The number of carbonyl (C=O) groups excluding carboxylic acids is 1. The summed E-state index contributed by atoms with van der Waals surface area (Å²) in [5, 5.41) is 2.99. The molecule has 2 aliphatic rings. The van der Waals surface area contributed by atoms with Crippen molar-refractivity contribution in [3.63, 3.8) is 0 Å². The number of nitrogens with one attached hydrogen (secondary N) is 1. The van der Waals surface area contributed by atoms with Gasteiger partial charge in [0.2, 0.25) is 0 Å². The van der Waals surface area contributed by atoms with E-state index in [1.165, 1.54) is 18.2 Å². The molecule has 2 aromatic carbocycles. The summed E-state index contributed by atoms with van der Waals surface area (Å²) in [6.07, 6.45) is 5.79. The highest BCUT2D eigenvalue weighted by Crippen LogP contribution is 2.53. The van der Waals surface area contributed by atoms with Crippen molar-refractivity contribution in [2.24, 2.45) is 0 Å². The topological polar surface area (TPSA) is 69.9 Å². The number of methoxy groups -OCH3 is 2. The van der Waals surface area contributed by atoms with Crippen LogP contribution in [0.5, 0.6) is 11.5 Å². The molecule has 6 heteroatoms. The Morgan fingerprint density at radius 3 is 2.48 bits per heavy atom. The van der Waals surface area contributed by atoms with Crippen molar-refractivity contribution >= 4 is 11.6 Å². The van der Waals surface area contributed by atoms with Crippen molar-refractivity contribution < 1.29 is 23.4 Å². The van der Waals surface area contributed by atoms with E-state index in [0.717, 1.165) is 41.9 Å². The number of fused-ring (bicyclic) bond motifs is 3. The Bertz CT molecular complexity index is 1170. The maximum atomic E-state index is 12.7. The van der Waals surface area contributed by atoms with Crippen LogP contribution in [0.1, 0.15) is 70.5 Å². The van der Waals surface area contributed by atoms with Crippen molar-refractivity contribution in [2.75, 3.05) is 19.5 Å². The molecule has 0 spiro atoms. The van der Waals surface area contributed by atoms with Crippen LogP contribution in [-0.2, 0) is 4.74 Å². The van der Waals surface area contributed by atoms with Crippen LogP contribution in [0.4, 0.5) is 5.69 Å². The lowest BCUT2D eigenvalue weighted by molar-refractivity contribution is -0.0406. The van der Waals surface area contributed by atoms with Crippen LogP contribution in [0.15, 0.2) is 53.1 Å².